The van der Waals surface area contributed by atoms with Crippen LogP contribution < -0.4 is 4.74 Å². The van der Waals surface area contributed by atoms with E-state index in [1.807, 2.05) is 18.2 Å². The zero-order valence-electron chi connectivity index (χ0n) is 22.0. The number of rotatable bonds is 7. The van der Waals surface area contributed by atoms with E-state index in [9.17, 15) is 5.26 Å². The van der Waals surface area contributed by atoms with E-state index in [4.69, 9.17) is 4.74 Å². The van der Waals surface area contributed by atoms with E-state index in [1.165, 1.54) is 11.1 Å². The second-order valence-corrected chi connectivity index (χ2v) is 12.0. The number of benzene rings is 2. The van der Waals surface area contributed by atoms with Gasteiger partial charge in [-0.1, -0.05) is 106 Å². The monoisotopic (exact) mass is 433 g/mol. The van der Waals surface area contributed by atoms with Crippen molar-refractivity contribution in [3.63, 3.8) is 0 Å². The van der Waals surface area contributed by atoms with Gasteiger partial charge in [-0.3, -0.25) is 0 Å². The van der Waals surface area contributed by atoms with E-state index in [0.29, 0.717) is 12.5 Å². The number of hydrogen-bond acceptors (Lipinski definition) is 2. The van der Waals surface area contributed by atoms with Gasteiger partial charge < -0.3 is 4.74 Å². The molecule has 0 aliphatic carbocycles. The van der Waals surface area contributed by atoms with E-state index in [-0.39, 0.29) is 16.7 Å². The smallest absolute Gasteiger partial charge is 0.128 e. The summed E-state index contributed by atoms with van der Waals surface area (Å²) >= 11 is 0. The molecule has 0 amide bonds. The third-order valence-corrected chi connectivity index (χ3v) is 6.38. The van der Waals surface area contributed by atoms with Crippen molar-refractivity contribution in [3.8, 4) is 11.8 Å². The summed E-state index contributed by atoms with van der Waals surface area (Å²) in [6, 6.07) is 17.6. The molecular formula is C30H43NO. The lowest BCUT2D eigenvalue weighted by molar-refractivity contribution is 0.268. The van der Waals surface area contributed by atoms with Gasteiger partial charge in [-0.15, -0.1) is 0 Å². The fourth-order valence-corrected chi connectivity index (χ4v) is 4.37. The van der Waals surface area contributed by atoms with Gasteiger partial charge in [0.05, 0.1) is 11.5 Å². The number of nitrogens with zero attached hydrogens (tertiary/aromatic N) is 1. The molecule has 0 spiro atoms. The molecule has 1 unspecified atom stereocenters. The quantitative estimate of drug-likeness (QED) is 0.439. The van der Waals surface area contributed by atoms with Gasteiger partial charge in [0, 0.05) is 11.1 Å². The normalized spacial score (nSPS) is 14.3. The molecule has 0 bridgehead atoms. The molecule has 2 heteroatoms. The Morgan fingerprint density at radius 3 is 1.84 bits per heavy atom. The van der Waals surface area contributed by atoms with E-state index in [1.54, 1.807) is 0 Å². The molecule has 0 aliphatic heterocycles. The zero-order valence-corrected chi connectivity index (χ0v) is 22.0. The molecule has 0 aliphatic rings. The lowest BCUT2D eigenvalue weighted by atomic mass is 9.65. The minimum absolute atomic E-state index is 0.0251. The molecule has 32 heavy (non-hydrogen) atoms. The highest BCUT2D eigenvalue weighted by molar-refractivity contribution is 5.55. The molecule has 0 radical (unpaired) electrons. The van der Waals surface area contributed by atoms with Crippen LogP contribution in [0.3, 0.4) is 0 Å². The summed E-state index contributed by atoms with van der Waals surface area (Å²) in [4.78, 5) is 0. The lowest BCUT2D eigenvalue weighted by Gasteiger charge is -2.38. The van der Waals surface area contributed by atoms with Crippen LogP contribution in [0.2, 0.25) is 0 Å². The highest BCUT2D eigenvalue weighted by Gasteiger charge is 2.41. The predicted molar refractivity (Wildman–Crippen MR) is 136 cm³/mol. The highest BCUT2D eigenvalue weighted by atomic mass is 16.5. The van der Waals surface area contributed by atoms with Crippen molar-refractivity contribution in [1.82, 2.24) is 0 Å². The highest BCUT2D eigenvalue weighted by Crippen LogP contribution is 2.48. The zero-order chi connectivity index (χ0) is 24.3. The second kappa shape index (κ2) is 9.70. The third-order valence-electron chi connectivity index (χ3n) is 6.38. The Balaban J connectivity index is 2.87. The maximum absolute atomic E-state index is 10.6. The molecule has 174 valence electrons. The van der Waals surface area contributed by atoms with Crippen LogP contribution in [-0.2, 0) is 22.9 Å². The third kappa shape index (κ3) is 5.74. The van der Waals surface area contributed by atoms with Gasteiger partial charge in [-0.2, -0.15) is 5.26 Å². The Morgan fingerprint density at radius 1 is 0.844 bits per heavy atom. The molecule has 0 saturated carbocycles. The summed E-state index contributed by atoms with van der Waals surface area (Å²) in [6.07, 6.45) is 0.806. The van der Waals surface area contributed by atoms with Crippen LogP contribution in [0.4, 0.5) is 0 Å². The summed E-state index contributed by atoms with van der Waals surface area (Å²) < 4.78 is 6.64. The fraction of sp³-hybridized carbons (Fsp3) is 0.567. The van der Waals surface area contributed by atoms with Crippen molar-refractivity contribution in [2.24, 2.45) is 11.8 Å². The second-order valence-electron chi connectivity index (χ2n) is 12.0. The summed E-state index contributed by atoms with van der Waals surface area (Å²) in [7, 11) is 0. The van der Waals surface area contributed by atoms with Crippen LogP contribution in [-0.4, -0.2) is 0 Å². The molecule has 1 atom stereocenters. The summed E-state index contributed by atoms with van der Waals surface area (Å²) in [5, 5.41) is 10.6. The number of ether oxygens (including phenoxy) is 1. The molecule has 0 fully saturated rings. The Labute approximate surface area is 197 Å². The van der Waals surface area contributed by atoms with Gasteiger partial charge in [0.2, 0.25) is 0 Å². The summed E-state index contributed by atoms with van der Waals surface area (Å²) in [6.45, 7) is 22.7. The van der Waals surface area contributed by atoms with Crippen LogP contribution in [0.5, 0.6) is 5.75 Å². The van der Waals surface area contributed by atoms with Crippen molar-refractivity contribution in [3.05, 3.63) is 64.7 Å². The fourth-order valence-electron chi connectivity index (χ4n) is 4.37. The molecule has 0 heterocycles. The molecule has 0 aromatic heterocycles. The van der Waals surface area contributed by atoms with Gasteiger partial charge in [-0.25, -0.2) is 0 Å². The van der Waals surface area contributed by atoms with E-state index < -0.39 is 5.41 Å². The average molecular weight is 434 g/mol. The van der Waals surface area contributed by atoms with E-state index >= 15 is 0 Å². The topological polar surface area (TPSA) is 33.0 Å². The van der Waals surface area contributed by atoms with Crippen molar-refractivity contribution in [1.29, 1.82) is 5.26 Å². The maximum atomic E-state index is 10.6. The Hall–Kier alpha value is -2.27. The van der Waals surface area contributed by atoms with E-state index in [2.05, 4.69) is 99.6 Å². The Bertz CT molecular complexity index is 936. The molecule has 0 saturated heterocycles. The van der Waals surface area contributed by atoms with Crippen molar-refractivity contribution < 1.29 is 4.74 Å². The average Bonchev–Trinajstić information content (AvgIpc) is 2.69. The first kappa shape index (κ1) is 26.0. The number of hydrogen-bond donors (Lipinski definition) is 0. The van der Waals surface area contributed by atoms with Crippen LogP contribution >= 0.6 is 0 Å². The lowest BCUT2D eigenvalue weighted by Crippen LogP contribution is -2.34. The Morgan fingerprint density at radius 2 is 1.41 bits per heavy atom. The first-order valence-corrected chi connectivity index (χ1v) is 12.0. The van der Waals surface area contributed by atoms with E-state index in [0.717, 1.165) is 23.3 Å². The molecule has 0 N–H and O–H groups in total. The maximum Gasteiger partial charge on any atom is 0.128 e. The minimum atomic E-state index is -0.610. The first-order valence-electron chi connectivity index (χ1n) is 12.0. The Kier molecular flexibility index (Phi) is 7.87. The van der Waals surface area contributed by atoms with Crippen molar-refractivity contribution in [2.75, 3.05) is 0 Å². The molecule has 2 aromatic carbocycles. The van der Waals surface area contributed by atoms with Gasteiger partial charge in [0.1, 0.15) is 12.4 Å². The SMILES string of the molecule is CC(C)CC(C#N)(c1cc(C(C)(C)C)cc(C(C)(C)C)c1OCc1ccccc1)C(C)C. The van der Waals surface area contributed by atoms with Gasteiger partial charge in [0.15, 0.2) is 0 Å². The standard InChI is InChI=1S/C30H43NO/c1-21(2)18-30(20-31,22(3)4)26-17-24(28(5,6)7)16-25(29(8,9)10)27(26)32-19-23-14-12-11-13-15-23/h11-17,21-22H,18-19H2,1-10H3. The van der Waals surface area contributed by atoms with Crippen LogP contribution in [0.15, 0.2) is 42.5 Å². The largest absolute Gasteiger partial charge is 0.488 e. The van der Waals surface area contributed by atoms with Gasteiger partial charge in [-0.05, 0) is 46.3 Å². The van der Waals surface area contributed by atoms with Gasteiger partial charge >= 0.3 is 0 Å². The van der Waals surface area contributed by atoms with Crippen LogP contribution in [0, 0.1) is 23.2 Å². The summed E-state index contributed by atoms with van der Waals surface area (Å²) in [5.41, 5.74) is 3.88. The van der Waals surface area contributed by atoms with Gasteiger partial charge in [0.25, 0.3) is 0 Å². The summed E-state index contributed by atoms with van der Waals surface area (Å²) in [5.74, 6) is 1.46. The number of nitriles is 1. The van der Waals surface area contributed by atoms with Crippen LogP contribution in [0.1, 0.15) is 97.9 Å². The molecular weight excluding hydrogens is 390 g/mol. The first-order chi connectivity index (χ1) is 14.7. The molecule has 2 aromatic rings. The minimum Gasteiger partial charge on any atom is -0.488 e. The molecule has 2 rings (SSSR count). The van der Waals surface area contributed by atoms with Crippen molar-refractivity contribution in [2.45, 2.75) is 98.5 Å². The molecule has 2 nitrogen and oxygen atoms in total. The van der Waals surface area contributed by atoms with Crippen LogP contribution in [0.25, 0.3) is 0 Å². The predicted octanol–water partition coefficient (Wildman–Crippen LogP) is 8.32. The van der Waals surface area contributed by atoms with Crippen molar-refractivity contribution >= 4 is 0 Å².